The minimum Gasteiger partial charge on any atom is -0.444 e. The van der Waals surface area contributed by atoms with Crippen molar-refractivity contribution in [3.05, 3.63) is 102 Å². The van der Waals surface area contributed by atoms with Gasteiger partial charge in [-0.05, 0) is 70.4 Å². The number of hydrogen-bond donors (Lipinski definition) is 1. The van der Waals surface area contributed by atoms with E-state index in [-0.39, 0.29) is 22.8 Å². The number of nitrogens with zero attached hydrogens (tertiary/aromatic N) is 2. The van der Waals surface area contributed by atoms with Gasteiger partial charge in [-0.2, -0.15) is 8.42 Å². The second kappa shape index (κ2) is 13.4. The van der Waals surface area contributed by atoms with E-state index in [0.717, 1.165) is 28.5 Å². The third kappa shape index (κ3) is 8.77. The zero-order chi connectivity index (χ0) is 30.3. The first-order valence-electron chi connectivity index (χ1n) is 14.0. The van der Waals surface area contributed by atoms with E-state index in [1.54, 1.807) is 23.2 Å². The Kier molecular flexibility index (Phi) is 9.85. The summed E-state index contributed by atoms with van der Waals surface area (Å²) in [5, 5.41) is 4.89. The van der Waals surface area contributed by atoms with E-state index in [9.17, 15) is 13.2 Å². The summed E-state index contributed by atoms with van der Waals surface area (Å²) in [5.41, 5.74) is 2.45. The first-order chi connectivity index (χ1) is 19.9. The lowest BCUT2D eigenvalue weighted by Gasteiger charge is -2.29. The molecule has 1 atom stereocenters. The molecule has 0 aliphatic rings. The van der Waals surface area contributed by atoms with Crippen LogP contribution in [0.2, 0.25) is 0 Å². The molecule has 4 rings (SSSR count). The molecule has 0 bridgehead atoms. The highest BCUT2D eigenvalue weighted by molar-refractivity contribution is 7.87. The van der Waals surface area contributed by atoms with Crippen molar-refractivity contribution in [2.24, 2.45) is 0 Å². The monoisotopic (exact) mass is 589 g/mol. The molecule has 0 saturated carbocycles. The van der Waals surface area contributed by atoms with Crippen LogP contribution in [0, 0.1) is 6.92 Å². The zero-order valence-electron chi connectivity index (χ0n) is 24.8. The highest BCUT2D eigenvalue weighted by atomic mass is 32.2. The summed E-state index contributed by atoms with van der Waals surface area (Å²) in [7, 11) is -4.03. The van der Waals surface area contributed by atoms with Crippen molar-refractivity contribution in [1.82, 2.24) is 15.2 Å². The molecule has 4 aromatic rings. The summed E-state index contributed by atoms with van der Waals surface area (Å²) in [6.07, 6.45) is 3.47. The van der Waals surface area contributed by atoms with Crippen LogP contribution in [0.5, 0.6) is 5.75 Å². The average molecular weight is 590 g/mol. The Hall–Kier alpha value is -3.95. The zero-order valence-corrected chi connectivity index (χ0v) is 25.6. The second-order valence-corrected chi connectivity index (χ2v) is 13.0. The predicted molar refractivity (Wildman–Crippen MR) is 165 cm³/mol. The SMILES string of the molecule is Cc1ccc(S(=O)(=O)Oc2cncc3ccc(CN[C@H](C)CN(CCc4ccccc4)C(=O)OC(C)(C)C)cc23)cc1. The predicted octanol–water partition coefficient (Wildman–Crippen LogP) is 6.27. The number of amides is 1. The molecular weight excluding hydrogens is 550 g/mol. The van der Waals surface area contributed by atoms with Crippen LogP contribution in [0.25, 0.3) is 10.8 Å². The van der Waals surface area contributed by atoms with Crippen molar-refractivity contribution in [3.8, 4) is 5.75 Å². The van der Waals surface area contributed by atoms with Gasteiger partial charge < -0.3 is 19.1 Å². The van der Waals surface area contributed by atoms with Gasteiger partial charge in [-0.25, -0.2) is 4.79 Å². The number of pyridine rings is 1. The molecule has 8 nitrogen and oxygen atoms in total. The number of nitrogens with one attached hydrogen (secondary N) is 1. The Bertz CT molecular complexity index is 1600. The van der Waals surface area contributed by atoms with Gasteiger partial charge in [-0.1, -0.05) is 60.2 Å². The van der Waals surface area contributed by atoms with Crippen LogP contribution in [0.1, 0.15) is 44.4 Å². The Morgan fingerprint density at radius 3 is 2.38 bits per heavy atom. The molecule has 0 unspecified atom stereocenters. The molecule has 9 heteroatoms. The van der Waals surface area contributed by atoms with Gasteiger partial charge in [0, 0.05) is 42.6 Å². The maximum absolute atomic E-state index is 13.0. The van der Waals surface area contributed by atoms with Crippen LogP contribution in [0.15, 0.2) is 90.1 Å². The number of fused-ring (bicyclic) bond motifs is 1. The fourth-order valence-corrected chi connectivity index (χ4v) is 5.35. The molecule has 0 saturated heterocycles. The van der Waals surface area contributed by atoms with Crippen molar-refractivity contribution < 1.29 is 22.1 Å². The molecule has 0 radical (unpaired) electrons. The number of rotatable bonds is 11. The van der Waals surface area contributed by atoms with E-state index in [1.165, 1.54) is 18.3 Å². The maximum Gasteiger partial charge on any atom is 0.410 e. The van der Waals surface area contributed by atoms with E-state index in [1.807, 2.05) is 83.1 Å². The van der Waals surface area contributed by atoms with E-state index in [4.69, 9.17) is 8.92 Å². The Labute approximate surface area is 248 Å². The fourth-order valence-electron chi connectivity index (χ4n) is 4.41. The number of benzene rings is 3. The van der Waals surface area contributed by atoms with Crippen LogP contribution in [-0.4, -0.2) is 49.1 Å². The Morgan fingerprint density at radius 1 is 0.976 bits per heavy atom. The van der Waals surface area contributed by atoms with Gasteiger partial charge in [-0.3, -0.25) is 4.98 Å². The van der Waals surface area contributed by atoms with Gasteiger partial charge in [0.15, 0.2) is 5.75 Å². The van der Waals surface area contributed by atoms with Crippen LogP contribution in [0.4, 0.5) is 4.79 Å². The number of aryl methyl sites for hydroxylation is 1. The van der Waals surface area contributed by atoms with Gasteiger partial charge >= 0.3 is 16.2 Å². The maximum atomic E-state index is 13.0. The van der Waals surface area contributed by atoms with Gasteiger partial charge in [-0.15, -0.1) is 0 Å². The third-order valence-corrected chi connectivity index (χ3v) is 7.86. The van der Waals surface area contributed by atoms with Crippen molar-refractivity contribution in [2.45, 2.75) is 64.1 Å². The molecule has 1 amide bonds. The van der Waals surface area contributed by atoms with Gasteiger partial charge in [0.1, 0.15) is 10.5 Å². The van der Waals surface area contributed by atoms with Crippen LogP contribution >= 0.6 is 0 Å². The number of aromatic nitrogens is 1. The summed E-state index contributed by atoms with van der Waals surface area (Å²) in [5.74, 6) is 0.167. The lowest BCUT2D eigenvalue weighted by atomic mass is 10.1. The number of ether oxygens (including phenoxy) is 1. The minimum atomic E-state index is -4.03. The van der Waals surface area contributed by atoms with E-state index in [2.05, 4.69) is 10.3 Å². The van der Waals surface area contributed by atoms with Crippen LogP contribution < -0.4 is 9.50 Å². The normalized spacial score (nSPS) is 12.6. The summed E-state index contributed by atoms with van der Waals surface area (Å²) in [4.78, 5) is 19.0. The van der Waals surface area contributed by atoms with E-state index in [0.29, 0.717) is 25.0 Å². The molecule has 0 aliphatic carbocycles. The van der Waals surface area contributed by atoms with Gasteiger partial charge in [0.2, 0.25) is 0 Å². The standard InChI is InChI=1S/C33H39N3O5S/c1-24-11-15-29(16-12-24)42(38,39)41-31-22-34-21-28-14-13-27(19-30(28)31)20-35-25(2)23-36(32(37)40-33(3,4)5)18-17-26-9-7-6-8-10-26/h6-16,19,21-22,25,35H,17-18,20,23H2,1-5H3/t25-/m1/s1. The van der Waals surface area contributed by atoms with Crippen LogP contribution in [-0.2, 0) is 27.8 Å². The molecule has 1 aromatic heterocycles. The lowest BCUT2D eigenvalue weighted by Crippen LogP contribution is -2.45. The average Bonchev–Trinajstić information content (AvgIpc) is 2.94. The van der Waals surface area contributed by atoms with Gasteiger partial charge in [0.05, 0.1) is 6.20 Å². The number of carbonyl (C=O) groups is 1. The molecule has 222 valence electrons. The minimum absolute atomic E-state index is 0.0425. The van der Waals surface area contributed by atoms with Crippen molar-refractivity contribution >= 4 is 27.0 Å². The lowest BCUT2D eigenvalue weighted by molar-refractivity contribution is 0.0237. The Morgan fingerprint density at radius 2 is 1.69 bits per heavy atom. The fraction of sp³-hybridized carbons (Fsp3) is 0.333. The van der Waals surface area contributed by atoms with Crippen molar-refractivity contribution in [3.63, 3.8) is 0 Å². The van der Waals surface area contributed by atoms with Gasteiger partial charge in [0.25, 0.3) is 0 Å². The quantitative estimate of drug-likeness (QED) is 0.206. The van der Waals surface area contributed by atoms with Crippen LogP contribution in [0.3, 0.4) is 0 Å². The molecule has 42 heavy (non-hydrogen) atoms. The molecule has 0 fully saturated rings. The Balaban J connectivity index is 1.45. The summed E-state index contributed by atoms with van der Waals surface area (Å²) in [6.45, 7) is 11.0. The molecule has 3 aromatic carbocycles. The van der Waals surface area contributed by atoms with Crippen molar-refractivity contribution in [1.29, 1.82) is 0 Å². The number of carbonyl (C=O) groups excluding carboxylic acids is 1. The summed E-state index contributed by atoms with van der Waals surface area (Å²) < 4.78 is 37.1. The highest BCUT2D eigenvalue weighted by Gasteiger charge is 2.24. The van der Waals surface area contributed by atoms with E-state index >= 15 is 0 Å². The molecule has 1 N–H and O–H groups in total. The molecular formula is C33H39N3O5S. The first kappa shape index (κ1) is 31.0. The third-order valence-electron chi connectivity index (χ3n) is 6.61. The highest BCUT2D eigenvalue weighted by Crippen LogP contribution is 2.28. The summed E-state index contributed by atoms with van der Waals surface area (Å²) in [6, 6.07) is 22.3. The topological polar surface area (TPSA) is 97.8 Å². The molecule has 0 aliphatic heterocycles. The first-order valence-corrected chi connectivity index (χ1v) is 15.4. The molecule has 1 heterocycles. The summed E-state index contributed by atoms with van der Waals surface area (Å²) >= 11 is 0. The smallest absolute Gasteiger partial charge is 0.410 e. The van der Waals surface area contributed by atoms with E-state index < -0.39 is 15.7 Å². The number of hydrogen-bond acceptors (Lipinski definition) is 7. The molecule has 0 spiro atoms. The second-order valence-electron chi connectivity index (χ2n) is 11.5. The largest absolute Gasteiger partial charge is 0.444 e. The van der Waals surface area contributed by atoms with Crippen molar-refractivity contribution in [2.75, 3.05) is 13.1 Å².